The van der Waals surface area contributed by atoms with E-state index in [9.17, 15) is 0 Å². The zero-order chi connectivity index (χ0) is 14.8. The van der Waals surface area contributed by atoms with Crippen molar-refractivity contribution in [1.82, 2.24) is 0 Å². The van der Waals surface area contributed by atoms with Gasteiger partial charge in [-0.25, -0.2) is 0 Å². The lowest BCUT2D eigenvalue weighted by Gasteiger charge is -2.33. The molecular weight excluding hydrogens is 244 g/mol. The zero-order valence-corrected chi connectivity index (χ0v) is 13.1. The van der Waals surface area contributed by atoms with Gasteiger partial charge in [-0.05, 0) is 62.6 Å². The van der Waals surface area contributed by atoms with Crippen molar-refractivity contribution >= 4 is 5.69 Å². The molecule has 3 atom stereocenters. The highest BCUT2D eigenvalue weighted by Crippen LogP contribution is 2.31. The van der Waals surface area contributed by atoms with Crippen molar-refractivity contribution in [2.75, 3.05) is 5.32 Å². The lowest BCUT2D eigenvalue weighted by Crippen LogP contribution is -2.30. The van der Waals surface area contributed by atoms with Crippen molar-refractivity contribution in [3.05, 3.63) is 29.8 Å². The van der Waals surface area contributed by atoms with E-state index in [1.807, 2.05) is 13.8 Å². The predicted octanol–water partition coefficient (Wildman–Crippen LogP) is 4.72. The summed E-state index contributed by atoms with van der Waals surface area (Å²) in [6, 6.07) is 11.3. The summed E-state index contributed by atoms with van der Waals surface area (Å²) in [4.78, 5) is 0. The van der Waals surface area contributed by atoms with E-state index in [2.05, 4.69) is 49.5 Å². The molecule has 1 N–H and O–H groups in total. The van der Waals surface area contributed by atoms with E-state index in [0.29, 0.717) is 6.04 Å². The summed E-state index contributed by atoms with van der Waals surface area (Å²) in [5.74, 6) is 1.66. The molecular formula is C18H26N2. The van der Waals surface area contributed by atoms with Gasteiger partial charge in [-0.2, -0.15) is 5.26 Å². The predicted molar refractivity (Wildman–Crippen MR) is 84.7 cm³/mol. The van der Waals surface area contributed by atoms with Gasteiger partial charge in [0.05, 0.1) is 11.5 Å². The molecule has 1 saturated carbocycles. The number of nitriles is 1. The minimum absolute atomic E-state index is 0.409. The molecule has 3 unspecified atom stereocenters. The van der Waals surface area contributed by atoms with Crippen molar-refractivity contribution in [1.29, 1.82) is 5.26 Å². The van der Waals surface area contributed by atoms with Crippen molar-refractivity contribution in [3.63, 3.8) is 0 Å². The van der Waals surface area contributed by atoms with Crippen LogP contribution in [-0.2, 0) is 5.41 Å². The second-order valence-electron chi connectivity index (χ2n) is 6.92. The van der Waals surface area contributed by atoms with Crippen LogP contribution in [0.4, 0.5) is 5.69 Å². The molecule has 1 aliphatic rings. The third-order valence-corrected chi connectivity index (χ3v) is 4.86. The van der Waals surface area contributed by atoms with Gasteiger partial charge in [0.1, 0.15) is 0 Å². The fraction of sp³-hybridized carbons (Fsp3) is 0.611. The smallest absolute Gasteiger partial charge is 0.0766 e. The minimum Gasteiger partial charge on any atom is -0.382 e. The number of benzene rings is 1. The van der Waals surface area contributed by atoms with Crippen LogP contribution in [0, 0.1) is 23.2 Å². The number of rotatable bonds is 3. The maximum absolute atomic E-state index is 9.17. The van der Waals surface area contributed by atoms with Crippen molar-refractivity contribution in [2.45, 2.75) is 58.4 Å². The number of nitrogens with one attached hydrogen (secondary N) is 1. The number of anilines is 1. The zero-order valence-electron chi connectivity index (χ0n) is 13.1. The first-order valence-corrected chi connectivity index (χ1v) is 7.70. The molecule has 0 saturated heterocycles. The molecule has 0 bridgehead atoms. The van der Waals surface area contributed by atoms with Crippen LogP contribution in [0.5, 0.6) is 0 Å². The highest BCUT2D eigenvalue weighted by Gasteiger charge is 2.24. The first-order valence-electron chi connectivity index (χ1n) is 7.70. The Bertz CT molecular complexity index is 481. The Kier molecular flexibility index (Phi) is 4.38. The van der Waals surface area contributed by atoms with Gasteiger partial charge in [-0.1, -0.05) is 26.0 Å². The maximum Gasteiger partial charge on any atom is 0.0766 e. The van der Waals surface area contributed by atoms with E-state index >= 15 is 0 Å². The molecule has 0 amide bonds. The molecule has 1 aromatic rings. The standard InChI is InChI=1S/C18H26N2/c1-13-5-8-17(11-14(13)2)20-16-9-6-15(7-10-16)18(3,4)12-19/h6-7,9-10,13-14,17,20H,5,8,11H2,1-4H3. The van der Waals surface area contributed by atoms with Gasteiger partial charge in [0, 0.05) is 11.7 Å². The van der Waals surface area contributed by atoms with Gasteiger partial charge in [-0.15, -0.1) is 0 Å². The first-order chi connectivity index (χ1) is 9.42. The monoisotopic (exact) mass is 270 g/mol. The minimum atomic E-state index is -0.409. The summed E-state index contributed by atoms with van der Waals surface area (Å²) >= 11 is 0. The Labute approximate surface area is 123 Å². The van der Waals surface area contributed by atoms with Crippen LogP contribution >= 0.6 is 0 Å². The topological polar surface area (TPSA) is 35.8 Å². The Morgan fingerprint density at radius 1 is 1.10 bits per heavy atom. The molecule has 1 fully saturated rings. The Morgan fingerprint density at radius 3 is 2.30 bits per heavy atom. The molecule has 108 valence electrons. The largest absolute Gasteiger partial charge is 0.382 e. The lowest BCUT2D eigenvalue weighted by molar-refractivity contribution is 0.261. The number of nitrogens with zero attached hydrogens (tertiary/aromatic N) is 1. The molecule has 1 aliphatic carbocycles. The number of hydrogen-bond acceptors (Lipinski definition) is 2. The fourth-order valence-electron chi connectivity index (χ4n) is 2.96. The van der Waals surface area contributed by atoms with Gasteiger partial charge in [0.25, 0.3) is 0 Å². The summed E-state index contributed by atoms with van der Waals surface area (Å²) < 4.78 is 0. The van der Waals surface area contributed by atoms with Crippen molar-refractivity contribution < 1.29 is 0 Å². The van der Waals surface area contributed by atoms with E-state index in [1.54, 1.807) is 0 Å². The molecule has 2 nitrogen and oxygen atoms in total. The van der Waals surface area contributed by atoms with Gasteiger partial charge in [0.15, 0.2) is 0 Å². The Hall–Kier alpha value is -1.49. The van der Waals surface area contributed by atoms with Crippen LogP contribution in [0.1, 0.15) is 52.5 Å². The molecule has 20 heavy (non-hydrogen) atoms. The molecule has 0 spiro atoms. The highest BCUT2D eigenvalue weighted by atomic mass is 14.9. The molecule has 0 aromatic heterocycles. The van der Waals surface area contributed by atoms with Crippen LogP contribution < -0.4 is 5.32 Å². The molecule has 0 heterocycles. The van der Waals surface area contributed by atoms with Gasteiger partial charge in [0.2, 0.25) is 0 Å². The summed E-state index contributed by atoms with van der Waals surface area (Å²) in [6.45, 7) is 8.63. The third-order valence-electron chi connectivity index (χ3n) is 4.86. The van der Waals surface area contributed by atoms with E-state index in [-0.39, 0.29) is 0 Å². The third kappa shape index (κ3) is 3.33. The van der Waals surface area contributed by atoms with E-state index in [4.69, 9.17) is 5.26 Å². The van der Waals surface area contributed by atoms with Gasteiger partial charge >= 0.3 is 0 Å². The van der Waals surface area contributed by atoms with Crippen molar-refractivity contribution in [2.24, 2.45) is 11.8 Å². The van der Waals surface area contributed by atoms with E-state index in [0.717, 1.165) is 17.4 Å². The quantitative estimate of drug-likeness (QED) is 0.862. The van der Waals surface area contributed by atoms with Crippen LogP contribution in [0.25, 0.3) is 0 Å². The molecule has 2 rings (SSSR count). The molecule has 1 aromatic carbocycles. The second-order valence-corrected chi connectivity index (χ2v) is 6.92. The van der Waals surface area contributed by atoms with E-state index in [1.165, 1.54) is 24.9 Å². The van der Waals surface area contributed by atoms with E-state index < -0.39 is 5.41 Å². The fourth-order valence-corrected chi connectivity index (χ4v) is 2.96. The molecule has 0 aliphatic heterocycles. The summed E-state index contributed by atoms with van der Waals surface area (Å²) in [7, 11) is 0. The van der Waals surface area contributed by atoms with Gasteiger partial charge in [-0.3, -0.25) is 0 Å². The van der Waals surface area contributed by atoms with Crippen molar-refractivity contribution in [3.8, 4) is 6.07 Å². The number of hydrogen-bond donors (Lipinski definition) is 1. The average Bonchev–Trinajstić information content (AvgIpc) is 2.43. The van der Waals surface area contributed by atoms with Gasteiger partial charge < -0.3 is 5.32 Å². The summed E-state index contributed by atoms with van der Waals surface area (Å²) in [5.41, 5.74) is 1.85. The van der Waals surface area contributed by atoms with Crippen LogP contribution in [0.2, 0.25) is 0 Å². The summed E-state index contributed by atoms with van der Waals surface area (Å²) in [6.07, 6.45) is 3.84. The van der Waals surface area contributed by atoms with Crippen LogP contribution in [-0.4, -0.2) is 6.04 Å². The maximum atomic E-state index is 9.17. The summed E-state index contributed by atoms with van der Waals surface area (Å²) in [5, 5.41) is 12.8. The normalized spacial score (nSPS) is 26.9. The molecule has 0 radical (unpaired) electrons. The van der Waals surface area contributed by atoms with Crippen LogP contribution in [0.3, 0.4) is 0 Å². The van der Waals surface area contributed by atoms with Crippen LogP contribution in [0.15, 0.2) is 24.3 Å². The molecule has 2 heteroatoms. The average molecular weight is 270 g/mol. The Balaban J connectivity index is 2.00. The Morgan fingerprint density at radius 2 is 1.75 bits per heavy atom. The SMILES string of the molecule is CC1CCC(Nc2ccc(C(C)(C)C#N)cc2)CC1C. The highest BCUT2D eigenvalue weighted by molar-refractivity contribution is 5.47. The first kappa shape index (κ1) is 14.9. The second kappa shape index (κ2) is 5.87. The lowest BCUT2D eigenvalue weighted by atomic mass is 9.79.